The lowest BCUT2D eigenvalue weighted by molar-refractivity contribution is 1.43. The second-order valence-corrected chi connectivity index (χ2v) is 4.82. The summed E-state index contributed by atoms with van der Waals surface area (Å²) in [6.45, 7) is 7.97. The van der Waals surface area contributed by atoms with Crippen LogP contribution in [0.1, 0.15) is 12.0 Å². The third-order valence-electron chi connectivity index (χ3n) is 3.52. The van der Waals surface area contributed by atoms with Crippen LogP contribution in [-0.4, -0.2) is 0 Å². The molecule has 0 aliphatic carbocycles. The van der Waals surface area contributed by atoms with Crippen LogP contribution in [0.25, 0.3) is 27.1 Å². The van der Waals surface area contributed by atoms with E-state index >= 15 is 0 Å². The summed E-state index contributed by atoms with van der Waals surface area (Å²) in [6, 6.07) is 19.4. The highest BCUT2D eigenvalue weighted by Crippen LogP contribution is 2.29. The van der Waals surface area contributed by atoms with Gasteiger partial charge in [-0.3, -0.25) is 0 Å². The first kappa shape index (κ1) is 11.7. The van der Waals surface area contributed by atoms with Crippen molar-refractivity contribution in [2.45, 2.75) is 6.42 Å². The Hall–Kier alpha value is -2.34. The predicted octanol–water partition coefficient (Wildman–Crippen LogP) is 5.58. The number of hydrogen-bond acceptors (Lipinski definition) is 0. The summed E-state index contributed by atoms with van der Waals surface area (Å²) >= 11 is 0. The first-order valence-electron chi connectivity index (χ1n) is 6.50. The van der Waals surface area contributed by atoms with E-state index in [0.717, 1.165) is 12.0 Å². The van der Waals surface area contributed by atoms with E-state index in [1.165, 1.54) is 27.1 Å². The Balaban J connectivity index is 2.32. The van der Waals surface area contributed by atoms with Gasteiger partial charge in [-0.2, -0.15) is 0 Å². The van der Waals surface area contributed by atoms with Crippen molar-refractivity contribution in [1.82, 2.24) is 0 Å². The molecule has 0 fully saturated rings. The van der Waals surface area contributed by atoms with Crippen molar-refractivity contribution >= 4 is 27.1 Å². The molecule has 92 valence electrons. The maximum Gasteiger partial charge on any atom is -0.00998 e. The Kier molecular flexibility index (Phi) is 2.92. The maximum absolute atomic E-state index is 4.17. The van der Waals surface area contributed by atoms with Gasteiger partial charge in [-0.15, -0.1) is 6.58 Å². The molecule has 0 bridgehead atoms. The minimum absolute atomic E-state index is 0.825. The summed E-state index contributed by atoms with van der Waals surface area (Å²) in [5.74, 6) is 0. The fourth-order valence-electron chi connectivity index (χ4n) is 2.56. The van der Waals surface area contributed by atoms with Crippen LogP contribution >= 0.6 is 0 Å². The molecular weight excluding hydrogens is 228 g/mol. The quantitative estimate of drug-likeness (QED) is 0.416. The molecule has 0 spiro atoms. The second kappa shape index (κ2) is 4.74. The van der Waals surface area contributed by atoms with E-state index in [-0.39, 0.29) is 0 Å². The van der Waals surface area contributed by atoms with Crippen LogP contribution in [-0.2, 0) is 0 Å². The van der Waals surface area contributed by atoms with Crippen molar-refractivity contribution in [2.24, 2.45) is 0 Å². The van der Waals surface area contributed by atoms with E-state index in [1.807, 2.05) is 6.08 Å². The van der Waals surface area contributed by atoms with Gasteiger partial charge in [-0.1, -0.05) is 55.1 Å². The zero-order chi connectivity index (χ0) is 13.2. The third kappa shape index (κ3) is 2.06. The Bertz CT molecular complexity index is 778. The molecule has 0 aliphatic rings. The van der Waals surface area contributed by atoms with Crippen molar-refractivity contribution < 1.29 is 0 Å². The van der Waals surface area contributed by atoms with Gasteiger partial charge in [0, 0.05) is 0 Å². The molecule has 0 heterocycles. The first-order chi connectivity index (χ1) is 9.29. The van der Waals surface area contributed by atoms with Gasteiger partial charge in [0.05, 0.1) is 0 Å². The maximum atomic E-state index is 4.17. The molecule has 3 rings (SSSR count). The normalized spacial score (nSPS) is 10.7. The number of benzene rings is 3. The summed E-state index contributed by atoms with van der Waals surface area (Å²) in [6.07, 6.45) is 2.73. The Morgan fingerprint density at radius 3 is 2.32 bits per heavy atom. The standard InChI is InChI=1S/C19H16/c1-3-7-14(2)18-11-6-10-17-12-15-8-4-5-9-16(15)13-19(17)18/h3-6,8-13H,1-2,7H2. The molecule has 0 aliphatic heterocycles. The van der Waals surface area contributed by atoms with Gasteiger partial charge in [0.15, 0.2) is 0 Å². The van der Waals surface area contributed by atoms with Gasteiger partial charge < -0.3 is 0 Å². The van der Waals surface area contributed by atoms with Crippen LogP contribution in [0, 0.1) is 0 Å². The molecule has 19 heavy (non-hydrogen) atoms. The number of fused-ring (bicyclic) bond motifs is 2. The minimum Gasteiger partial charge on any atom is -0.103 e. The summed E-state index contributed by atoms with van der Waals surface area (Å²) in [5.41, 5.74) is 2.35. The second-order valence-electron chi connectivity index (χ2n) is 4.82. The van der Waals surface area contributed by atoms with Gasteiger partial charge >= 0.3 is 0 Å². The Morgan fingerprint density at radius 1 is 0.895 bits per heavy atom. The van der Waals surface area contributed by atoms with Crippen LogP contribution < -0.4 is 0 Å². The van der Waals surface area contributed by atoms with E-state index in [2.05, 4.69) is 67.8 Å². The smallest absolute Gasteiger partial charge is 0.00998 e. The number of rotatable bonds is 3. The van der Waals surface area contributed by atoms with E-state index in [0.29, 0.717) is 0 Å². The van der Waals surface area contributed by atoms with Crippen LogP contribution in [0.4, 0.5) is 0 Å². The number of hydrogen-bond donors (Lipinski definition) is 0. The first-order valence-corrected chi connectivity index (χ1v) is 6.50. The summed E-state index contributed by atoms with van der Waals surface area (Å²) in [5, 5.41) is 5.09. The highest BCUT2D eigenvalue weighted by molar-refractivity contribution is 6.02. The largest absolute Gasteiger partial charge is 0.103 e. The zero-order valence-corrected chi connectivity index (χ0v) is 10.9. The van der Waals surface area contributed by atoms with Crippen molar-refractivity contribution in [2.75, 3.05) is 0 Å². The molecule has 0 amide bonds. The predicted molar refractivity (Wildman–Crippen MR) is 85.3 cm³/mol. The molecule has 0 N–H and O–H groups in total. The lowest BCUT2D eigenvalue weighted by Crippen LogP contribution is -1.85. The van der Waals surface area contributed by atoms with Gasteiger partial charge in [0.1, 0.15) is 0 Å². The molecule has 0 saturated heterocycles. The average Bonchev–Trinajstić information content (AvgIpc) is 2.44. The summed E-state index contributed by atoms with van der Waals surface area (Å²) in [7, 11) is 0. The molecule has 0 unspecified atom stereocenters. The molecule has 3 aromatic rings. The van der Waals surface area contributed by atoms with E-state index < -0.39 is 0 Å². The highest BCUT2D eigenvalue weighted by Gasteiger charge is 2.05. The highest BCUT2D eigenvalue weighted by atomic mass is 14.1. The van der Waals surface area contributed by atoms with Gasteiger partial charge in [0.2, 0.25) is 0 Å². The van der Waals surface area contributed by atoms with Gasteiger partial charge in [0.25, 0.3) is 0 Å². The fraction of sp³-hybridized carbons (Fsp3) is 0.0526. The van der Waals surface area contributed by atoms with Crippen molar-refractivity contribution in [3.8, 4) is 0 Å². The number of allylic oxidation sites excluding steroid dienone is 2. The Morgan fingerprint density at radius 2 is 1.58 bits per heavy atom. The van der Waals surface area contributed by atoms with Crippen molar-refractivity contribution in [3.05, 3.63) is 79.4 Å². The van der Waals surface area contributed by atoms with E-state index in [4.69, 9.17) is 0 Å². The monoisotopic (exact) mass is 244 g/mol. The van der Waals surface area contributed by atoms with Crippen LogP contribution in [0.3, 0.4) is 0 Å². The molecule has 0 radical (unpaired) electrons. The van der Waals surface area contributed by atoms with Crippen molar-refractivity contribution in [3.63, 3.8) is 0 Å². The van der Waals surface area contributed by atoms with Crippen LogP contribution in [0.15, 0.2) is 73.8 Å². The van der Waals surface area contributed by atoms with Crippen molar-refractivity contribution in [1.29, 1.82) is 0 Å². The molecule has 0 aromatic heterocycles. The fourth-order valence-corrected chi connectivity index (χ4v) is 2.56. The third-order valence-corrected chi connectivity index (χ3v) is 3.52. The van der Waals surface area contributed by atoms with Crippen LogP contribution in [0.2, 0.25) is 0 Å². The summed E-state index contributed by atoms with van der Waals surface area (Å²) in [4.78, 5) is 0. The zero-order valence-electron chi connectivity index (χ0n) is 10.9. The van der Waals surface area contributed by atoms with Crippen LogP contribution in [0.5, 0.6) is 0 Å². The molecule has 0 saturated carbocycles. The van der Waals surface area contributed by atoms with E-state index in [1.54, 1.807) is 0 Å². The summed E-state index contributed by atoms with van der Waals surface area (Å²) < 4.78 is 0. The molecular formula is C19H16. The molecule has 0 nitrogen and oxygen atoms in total. The molecule has 0 heteroatoms. The topological polar surface area (TPSA) is 0 Å². The Labute approximate surface area is 113 Å². The lowest BCUT2D eigenvalue weighted by atomic mass is 9.95. The molecule has 0 atom stereocenters. The van der Waals surface area contributed by atoms with E-state index in [9.17, 15) is 0 Å². The average molecular weight is 244 g/mol. The van der Waals surface area contributed by atoms with Gasteiger partial charge in [-0.05, 0) is 51.2 Å². The minimum atomic E-state index is 0.825. The van der Waals surface area contributed by atoms with Gasteiger partial charge in [-0.25, -0.2) is 0 Å². The molecule has 3 aromatic carbocycles. The SMILES string of the molecule is C=CCC(=C)c1cccc2cc3ccccc3cc12. The lowest BCUT2D eigenvalue weighted by Gasteiger charge is -2.09.